The number of hydrogen-bond acceptors (Lipinski definition) is 5. The number of amides is 1. The van der Waals surface area contributed by atoms with Crippen LogP contribution in [0.15, 0.2) is 78.2 Å². The molecule has 0 aliphatic carbocycles. The van der Waals surface area contributed by atoms with Crippen molar-refractivity contribution in [3.05, 3.63) is 89.5 Å². The van der Waals surface area contributed by atoms with Gasteiger partial charge in [0.05, 0.1) is 10.5 Å². The molecular weight excluding hydrogens is 386 g/mol. The first-order valence-corrected chi connectivity index (χ1v) is 9.98. The van der Waals surface area contributed by atoms with E-state index in [1.165, 1.54) is 36.7 Å². The fourth-order valence-electron chi connectivity index (χ4n) is 2.55. The van der Waals surface area contributed by atoms with E-state index in [-0.39, 0.29) is 11.4 Å². The molecule has 27 heavy (non-hydrogen) atoms. The monoisotopic (exact) mass is 401 g/mol. The van der Waals surface area contributed by atoms with Crippen LogP contribution < -0.4 is 5.32 Å². The summed E-state index contributed by atoms with van der Waals surface area (Å²) in [5, 5.41) is 2.12. The summed E-state index contributed by atoms with van der Waals surface area (Å²) in [6.45, 7) is -0.107. The summed E-state index contributed by atoms with van der Waals surface area (Å²) in [6.07, 6.45) is 6.01. The molecule has 6 nitrogen and oxygen atoms in total. The molecule has 0 fully saturated rings. The number of sulfone groups is 1. The molecule has 0 saturated heterocycles. The van der Waals surface area contributed by atoms with Crippen molar-refractivity contribution < 1.29 is 13.2 Å². The summed E-state index contributed by atoms with van der Waals surface area (Å²) >= 11 is 5.86. The van der Waals surface area contributed by atoms with E-state index in [2.05, 4.69) is 15.3 Å². The average molecular weight is 402 g/mol. The number of carbonyl (C=O) groups is 1. The predicted octanol–water partition coefficient (Wildman–Crippen LogP) is 3.08. The topological polar surface area (TPSA) is 89.0 Å². The third-order valence-electron chi connectivity index (χ3n) is 3.94. The molecule has 0 aliphatic rings. The van der Waals surface area contributed by atoms with Crippen molar-refractivity contribution in [2.45, 2.75) is 10.1 Å². The number of hydrogen-bond donors (Lipinski definition) is 1. The molecule has 0 spiro atoms. The first-order chi connectivity index (χ1) is 13.0. The average Bonchev–Trinajstić information content (AvgIpc) is 2.69. The van der Waals surface area contributed by atoms with E-state index in [0.717, 1.165) is 0 Å². The molecule has 0 aliphatic heterocycles. The summed E-state index contributed by atoms with van der Waals surface area (Å²) in [7, 11) is -3.78. The molecule has 2 aromatic heterocycles. The molecule has 3 aromatic rings. The van der Waals surface area contributed by atoms with Crippen molar-refractivity contribution in [1.29, 1.82) is 0 Å². The second kappa shape index (κ2) is 8.28. The summed E-state index contributed by atoms with van der Waals surface area (Å²) in [6, 6.07) is 12.5. The Hall–Kier alpha value is -2.77. The van der Waals surface area contributed by atoms with Gasteiger partial charge in [0.1, 0.15) is 5.25 Å². The van der Waals surface area contributed by atoms with Crippen LogP contribution >= 0.6 is 11.6 Å². The minimum atomic E-state index is -3.78. The molecule has 1 aromatic carbocycles. The van der Waals surface area contributed by atoms with E-state index in [0.29, 0.717) is 16.1 Å². The molecular formula is C19H16ClN3O3S. The summed E-state index contributed by atoms with van der Waals surface area (Å²) in [5.74, 6) is -0.400. The van der Waals surface area contributed by atoms with Crippen LogP contribution in [0, 0.1) is 0 Å². The Morgan fingerprint density at radius 2 is 1.67 bits per heavy atom. The molecule has 0 bridgehead atoms. The lowest BCUT2D eigenvalue weighted by Gasteiger charge is -2.19. The Morgan fingerprint density at radius 3 is 2.26 bits per heavy atom. The Balaban J connectivity index is 1.90. The number of rotatable bonds is 6. The number of nitrogens with zero attached hydrogens (tertiary/aromatic N) is 2. The highest BCUT2D eigenvalue weighted by atomic mass is 35.5. The van der Waals surface area contributed by atoms with Crippen LogP contribution in [-0.4, -0.2) is 30.8 Å². The van der Waals surface area contributed by atoms with Crippen LogP contribution in [0.5, 0.6) is 0 Å². The van der Waals surface area contributed by atoms with Gasteiger partial charge in [-0.25, -0.2) is 8.42 Å². The highest BCUT2D eigenvalue weighted by Gasteiger charge is 2.30. The van der Waals surface area contributed by atoms with Crippen molar-refractivity contribution in [3.8, 4) is 0 Å². The highest BCUT2D eigenvalue weighted by molar-refractivity contribution is 7.91. The number of carbonyl (C=O) groups excluding carboxylic acids is 1. The SMILES string of the molecule is O=C(NC[C@H](c1cccnc1)S(=O)(=O)c1ccc(Cl)cc1)c1cccnc1. The number of pyridine rings is 2. The normalized spacial score (nSPS) is 12.3. The quantitative estimate of drug-likeness (QED) is 0.685. The van der Waals surface area contributed by atoms with Gasteiger partial charge >= 0.3 is 0 Å². The number of aromatic nitrogens is 2. The molecule has 1 N–H and O–H groups in total. The van der Waals surface area contributed by atoms with Gasteiger partial charge in [-0.1, -0.05) is 17.7 Å². The zero-order chi connectivity index (χ0) is 19.3. The van der Waals surface area contributed by atoms with Crippen LogP contribution in [0.3, 0.4) is 0 Å². The van der Waals surface area contributed by atoms with E-state index in [4.69, 9.17) is 11.6 Å². The molecule has 0 radical (unpaired) electrons. The van der Waals surface area contributed by atoms with Crippen LogP contribution in [0.25, 0.3) is 0 Å². The maximum Gasteiger partial charge on any atom is 0.252 e. The van der Waals surface area contributed by atoms with Crippen molar-refractivity contribution in [2.24, 2.45) is 0 Å². The van der Waals surface area contributed by atoms with Gasteiger partial charge in [-0.15, -0.1) is 0 Å². The first-order valence-electron chi connectivity index (χ1n) is 8.06. The van der Waals surface area contributed by atoms with E-state index >= 15 is 0 Å². The van der Waals surface area contributed by atoms with Crippen LogP contribution in [0.4, 0.5) is 0 Å². The summed E-state index contributed by atoms with van der Waals surface area (Å²) in [5.41, 5.74) is 0.838. The minimum Gasteiger partial charge on any atom is -0.350 e. The van der Waals surface area contributed by atoms with E-state index in [1.807, 2.05) is 0 Å². The summed E-state index contributed by atoms with van der Waals surface area (Å²) in [4.78, 5) is 20.3. The van der Waals surface area contributed by atoms with Gasteiger partial charge in [0.25, 0.3) is 5.91 Å². The Kier molecular flexibility index (Phi) is 5.83. The standard InChI is InChI=1S/C19H16ClN3O3S/c20-16-5-7-17(8-6-16)27(25,26)18(14-3-1-9-21-11-14)13-23-19(24)15-4-2-10-22-12-15/h1-12,18H,13H2,(H,23,24)/t18-/m1/s1. The second-order valence-electron chi connectivity index (χ2n) is 5.73. The molecule has 1 atom stereocenters. The molecule has 8 heteroatoms. The van der Waals surface area contributed by atoms with E-state index in [9.17, 15) is 13.2 Å². The van der Waals surface area contributed by atoms with Gasteiger partial charge < -0.3 is 5.32 Å². The fourth-order valence-corrected chi connectivity index (χ4v) is 4.32. The molecule has 1 amide bonds. The lowest BCUT2D eigenvalue weighted by Crippen LogP contribution is -2.32. The molecule has 138 valence electrons. The number of halogens is 1. The maximum atomic E-state index is 13.2. The third kappa shape index (κ3) is 4.50. The van der Waals surface area contributed by atoms with Crippen molar-refractivity contribution in [2.75, 3.05) is 6.54 Å². The zero-order valence-electron chi connectivity index (χ0n) is 14.1. The van der Waals surface area contributed by atoms with E-state index < -0.39 is 21.0 Å². The third-order valence-corrected chi connectivity index (χ3v) is 6.31. The van der Waals surface area contributed by atoms with Gasteiger partial charge in [-0.05, 0) is 48.0 Å². The Bertz CT molecular complexity index is 1010. The van der Waals surface area contributed by atoms with Gasteiger partial charge in [-0.3, -0.25) is 14.8 Å². The number of benzene rings is 1. The smallest absolute Gasteiger partial charge is 0.252 e. The van der Waals surface area contributed by atoms with E-state index in [1.54, 1.807) is 36.7 Å². The van der Waals surface area contributed by atoms with Gasteiger partial charge in [0.15, 0.2) is 9.84 Å². The molecule has 2 heterocycles. The van der Waals surface area contributed by atoms with Crippen LogP contribution in [0.1, 0.15) is 21.2 Å². The first kappa shape index (κ1) is 19.0. The highest BCUT2D eigenvalue weighted by Crippen LogP contribution is 2.29. The lowest BCUT2D eigenvalue weighted by atomic mass is 10.2. The zero-order valence-corrected chi connectivity index (χ0v) is 15.7. The fraction of sp³-hybridized carbons (Fsp3) is 0.105. The Morgan fingerprint density at radius 1 is 1.00 bits per heavy atom. The second-order valence-corrected chi connectivity index (χ2v) is 8.29. The van der Waals surface area contributed by atoms with Crippen LogP contribution in [-0.2, 0) is 9.84 Å². The largest absolute Gasteiger partial charge is 0.350 e. The van der Waals surface area contributed by atoms with Crippen molar-refractivity contribution in [1.82, 2.24) is 15.3 Å². The number of nitrogens with one attached hydrogen (secondary N) is 1. The van der Waals surface area contributed by atoms with Gasteiger partial charge in [0, 0.05) is 36.4 Å². The summed E-state index contributed by atoms with van der Waals surface area (Å²) < 4.78 is 26.3. The minimum absolute atomic E-state index is 0.107. The van der Waals surface area contributed by atoms with Crippen molar-refractivity contribution >= 4 is 27.3 Å². The molecule has 0 saturated carbocycles. The lowest BCUT2D eigenvalue weighted by molar-refractivity contribution is 0.0953. The molecule has 3 rings (SSSR count). The predicted molar refractivity (Wildman–Crippen MR) is 102 cm³/mol. The van der Waals surface area contributed by atoms with Gasteiger partial charge in [0.2, 0.25) is 0 Å². The maximum absolute atomic E-state index is 13.2. The molecule has 0 unspecified atom stereocenters. The Labute approximate surface area is 162 Å². The van der Waals surface area contributed by atoms with Crippen molar-refractivity contribution in [3.63, 3.8) is 0 Å². The van der Waals surface area contributed by atoms with Crippen LogP contribution in [0.2, 0.25) is 5.02 Å². The van der Waals surface area contributed by atoms with Gasteiger partial charge in [-0.2, -0.15) is 0 Å².